The van der Waals surface area contributed by atoms with E-state index in [0.717, 1.165) is 6.07 Å². The van der Waals surface area contributed by atoms with Gasteiger partial charge in [0.25, 0.3) is 0 Å². The monoisotopic (exact) mass is 362 g/mol. The van der Waals surface area contributed by atoms with Crippen LogP contribution in [0.25, 0.3) is 0 Å². The minimum Gasteiger partial charge on any atom is -0.332 e. The van der Waals surface area contributed by atoms with Crippen molar-refractivity contribution in [3.63, 3.8) is 0 Å². The quantitative estimate of drug-likeness (QED) is 0.536. The average molecular weight is 363 g/mol. The van der Waals surface area contributed by atoms with Crippen LogP contribution in [0.5, 0.6) is 0 Å². The number of anilines is 2. The van der Waals surface area contributed by atoms with Crippen LogP contribution in [0.15, 0.2) is 36.4 Å². The van der Waals surface area contributed by atoms with Crippen LogP contribution in [0.3, 0.4) is 0 Å². The second-order valence-electron chi connectivity index (χ2n) is 4.73. The summed E-state index contributed by atoms with van der Waals surface area (Å²) in [7, 11) is 0. The first-order chi connectivity index (χ1) is 10.7. The maximum absolute atomic E-state index is 13.2. The molecule has 0 aliphatic heterocycles. The van der Waals surface area contributed by atoms with Gasteiger partial charge < -0.3 is 10.6 Å². The van der Waals surface area contributed by atoms with Crippen molar-refractivity contribution in [2.75, 3.05) is 10.6 Å². The molecule has 0 saturated carbocycles. The fourth-order valence-electron chi connectivity index (χ4n) is 1.87. The highest BCUT2D eigenvalue weighted by molar-refractivity contribution is 7.80. The lowest BCUT2D eigenvalue weighted by molar-refractivity contribution is -0.136. The molecular formula is C15H11ClF4N2S. The SMILES string of the molecule is Cc1cc(NC(=S)Nc2ccc(Cl)cc2C(F)(F)F)ccc1F. The van der Waals surface area contributed by atoms with Gasteiger partial charge in [-0.2, -0.15) is 13.2 Å². The number of aryl methyl sites for hydroxylation is 1. The highest BCUT2D eigenvalue weighted by Crippen LogP contribution is 2.36. The van der Waals surface area contributed by atoms with Gasteiger partial charge in [-0.15, -0.1) is 0 Å². The zero-order valence-electron chi connectivity index (χ0n) is 11.8. The number of alkyl halides is 3. The molecule has 0 aliphatic carbocycles. The lowest BCUT2D eigenvalue weighted by Crippen LogP contribution is -2.21. The lowest BCUT2D eigenvalue weighted by Gasteiger charge is -2.16. The summed E-state index contributed by atoms with van der Waals surface area (Å²) < 4.78 is 52.2. The van der Waals surface area contributed by atoms with E-state index in [1.54, 1.807) is 6.92 Å². The molecule has 0 aliphatic rings. The van der Waals surface area contributed by atoms with Crippen molar-refractivity contribution in [2.45, 2.75) is 13.1 Å². The Balaban J connectivity index is 2.19. The van der Waals surface area contributed by atoms with Gasteiger partial charge in [-0.05, 0) is 61.1 Å². The number of rotatable bonds is 2. The molecule has 0 spiro atoms. The largest absolute Gasteiger partial charge is 0.418 e. The second-order valence-corrected chi connectivity index (χ2v) is 5.58. The molecular weight excluding hydrogens is 352 g/mol. The van der Waals surface area contributed by atoms with E-state index in [1.165, 1.54) is 30.3 Å². The molecule has 2 rings (SSSR count). The highest BCUT2D eigenvalue weighted by Gasteiger charge is 2.34. The van der Waals surface area contributed by atoms with Crippen molar-refractivity contribution in [3.05, 3.63) is 58.4 Å². The van der Waals surface area contributed by atoms with Crippen molar-refractivity contribution < 1.29 is 17.6 Å². The molecule has 0 bridgehead atoms. The van der Waals surface area contributed by atoms with Gasteiger partial charge in [0.05, 0.1) is 11.3 Å². The maximum Gasteiger partial charge on any atom is 0.418 e. The predicted molar refractivity (Wildman–Crippen MR) is 87.4 cm³/mol. The summed E-state index contributed by atoms with van der Waals surface area (Å²) in [6, 6.07) is 7.50. The van der Waals surface area contributed by atoms with Gasteiger partial charge in [0.1, 0.15) is 5.82 Å². The predicted octanol–water partition coefficient (Wildman–Crippen LogP) is 5.62. The summed E-state index contributed by atoms with van der Waals surface area (Å²) in [4.78, 5) is 0. The van der Waals surface area contributed by atoms with Gasteiger partial charge in [-0.3, -0.25) is 0 Å². The zero-order chi connectivity index (χ0) is 17.2. The third-order valence-corrected chi connectivity index (χ3v) is 3.39. The lowest BCUT2D eigenvalue weighted by atomic mass is 10.1. The fourth-order valence-corrected chi connectivity index (χ4v) is 2.27. The molecule has 0 saturated heterocycles. The standard InChI is InChI=1S/C15H11ClF4N2S/c1-8-6-10(3-4-12(8)17)21-14(23)22-13-5-2-9(16)7-11(13)15(18,19)20/h2-7H,1H3,(H2,21,22,23). The normalized spacial score (nSPS) is 11.2. The van der Waals surface area contributed by atoms with Crippen LogP contribution in [0.2, 0.25) is 5.02 Å². The topological polar surface area (TPSA) is 24.1 Å². The molecule has 2 aromatic rings. The molecule has 0 aromatic heterocycles. The van der Waals surface area contributed by atoms with Gasteiger partial charge in [0, 0.05) is 10.7 Å². The number of halogens is 5. The Morgan fingerprint density at radius 3 is 2.39 bits per heavy atom. The summed E-state index contributed by atoms with van der Waals surface area (Å²) in [5.41, 5.74) is -0.299. The summed E-state index contributed by atoms with van der Waals surface area (Å²) in [5.74, 6) is -0.383. The van der Waals surface area contributed by atoms with E-state index in [-0.39, 0.29) is 21.6 Å². The number of benzene rings is 2. The van der Waals surface area contributed by atoms with Crippen LogP contribution in [0.4, 0.5) is 28.9 Å². The molecule has 122 valence electrons. The first-order valence-corrected chi connectivity index (χ1v) is 7.16. The van der Waals surface area contributed by atoms with Gasteiger partial charge >= 0.3 is 6.18 Å². The average Bonchev–Trinajstić information content (AvgIpc) is 2.44. The molecule has 0 amide bonds. The minimum absolute atomic E-state index is 0.0316. The van der Waals surface area contributed by atoms with E-state index in [4.69, 9.17) is 23.8 Å². The molecule has 0 fully saturated rings. The maximum atomic E-state index is 13.2. The highest BCUT2D eigenvalue weighted by atomic mass is 35.5. The number of thiocarbonyl (C=S) groups is 1. The third kappa shape index (κ3) is 4.56. The smallest absolute Gasteiger partial charge is 0.332 e. The molecule has 0 heterocycles. The fraction of sp³-hybridized carbons (Fsp3) is 0.133. The first kappa shape index (κ1) is 17.5. The molecule has 2 nitrogen and oxygen atoms in total. The molecule has 8 heteroatoms. The summed E-state index contributed by atoms with van der Waals surface area (Å²) in [5, 5.41) is 5.10. The van der Waals surface area contributed by atoms with Crippen LogP contribution in [0, 0.1) is 12.7 Å². The van der Waals surface area contributed by atoms with Crippen molar-refractivity contribution >= 4 is 40.3 Å². The molecule has 0 radical (unpaired) electrons. The molecule has 0 unspecified atom stereocenters. The van der Waals surface area contributed by atoms with Gasteiger partial charge in [-0.1, -0.05) is 11.6 Å². The zero-order valence-corrected chi connectivity index (χ0v) is 13.3. The Morgan fingerprint density at radius 1 is 1.09 bits per heavy atom. The first-order valence-electron chi connectivity index (χ1n) is 6.38. The van der Waals surface area contributed by atoms with E-state index in [2.05, 4.69) is 10.6 Å². The van der Waals surface area contributed by atoms with Crippen molar-refractivity contribution in [1.29, 1.82) is 0 Å². The Kier molecular flexibility index (Phi) is 5.11. The van der Waals surface area contributed by atoms with Crippen LogP contribution in [0.1, 0.15) is 11.1 Å². The van der Waals surface area contributed by atoms with Crippen LogP contribution in [-0.4, -0.2) is 5.11 Å². The van der Waals surface area contributed by atoms with Crippen molar-refractivity contribution in [2.24, 2.45) is 0 Å². The van der Waals surface area contributed by atoms with Crippen molar-refractivity contribution in [3.8, 4) is 0 Å². The van der Waals surface area contributed by atoms with Crippen LogP contribution < -0.4 is 10.6 Å². The van der Waals surface area contributed by atoms with Gasteiger partial charge in [-0.25, -0.2) is 4.39 Å². The molecule has 2 N–H and O–H groups in total. The number of nitrogens with one attached hydrogen (secondary N) is 2. The Hall–Kier alpha value is -1.86. The second kappa shape index (κ2) is 6.72. The van der Waals surface area contributed by atoms with E-state index in [9.17, 15) is 17.6 Å². The molecule has 2 aromatic carbocycles. The van der Waals surface area contributed by atoms with E-state index < -0.39 is 11.7 Å². The van der Waals surface area contributed by atoms with Gasteiger partial charge in [0.15, 0.2) is 5.11 Å². The third-order valence-electron chi connectivity index (χ3n) is 2.95. The summed E-state index contributed by atoms with van der Waals surface area (Å²) in [6.07, 6.45) is -4.57. The molecule has 0 atom stereocenters. The Bertz CT molecular complexity index is 747. The van der Waals surface area contributed by atoms with E-state index in [0.29, 0.717) is 11.3 Å². The van der Waals surface area contributed by atoms with E-state index >= 15 is 0 Å². The van der Waals surface area contributed by atoms with Gasteiger partial charge in [0.2, 0.25) is 0 Å². The number of hydrogen-bond donors (Lipinski definition) is 2. The van der Waals surface area contributed by atoms with Crippen molar-refractivity contribution in [1.82, 2.24) is 0 Å². The Labute approximate surface area is 140 Å². The molecule has 23 heavy (non-hydrogen) atoms. The number of hydrogen-bond acceptors (Lipinski definition) is 1. The summed E-state index contributed by atoms with van der Waals surface area (Å²) in [6.45, 7) is 1.57. The summed E-state index contributed by atoms with van der Waals surface area (Å²) >= 11 is 10.6. The Morgan fingerprint density at radius 2 is 1.78 bits per heavy atom. The van der Waals surface area contributed by atoms with E-state index in [1.807, 2.05) is 0 Å². The minimum atomic E-state index is -4.57. The van der Waals surface area contributed by atoms with Crippen LogP contribution >= 0.6 is 23.8 Å². The van der Waals surface area contributed by atoms with Crippen LogP contribution in [-0.2, 0) is 6.18 Å².